The summed E-state index contributed by atoms with van der Waals surface area (Å²) in [5, 5.41) is 7.31. The predicted octanol–water partition coefficient (Wildman–Crippen LogP) is 1.76. The number of nitrogens with one attached hydrogen (secondary N) is 3. The fourth-order valence-corrected chi connectivity index (χ4v) is 2.89. The van der Waals surface area contributed by atoms with E-state index in [1.807, 2.05) is 13.8 Å². The quantitative estimate of drug-likeness (QED) is 0.649. The number of anilines is 1. The van der Waals surface area contributed by atoms with Crippen LogP contribution < -0.4 is 16.0 Å². The maximum absolute atomic E-state index is 12.0. The molecule has 0 radical (unpaired) electrons. The first-order valence-corrected chi connectivity index (χ1v) is 9.15. The van der Waals surface area contributed by atoms with Crippen molar-refractivity contribution in [2.75, 3.05) is 24.2 Å². The number of esters is 1. The molecule has 0 bridgehead atoms. The lowest BCUT2D eigenvalue weighted by Crippen LogP contribution is -2.42. The van der Waals surface area contributed by atoms with Gasteiger partial charge in [-0.25, -0.2) is 9.59 Å². The van der Waals surface area contributed by atoms with Crippen molar-refractivity contribution in [2.45, 2.75) is 25.2 Å². The topological polar surface area (TPSA) is 114 Å². The lowest BCUT2D eigenvalue weighted by molar-refractivity contribution is -0.123. The van der Waals surface area contributed by atoms with E-state index in [0.29, 0.717) is 23.9 Å². The summed E-state index contributed by atoms with van der Waals surface area (Å²) in [5.41, 5.74) is 0.746. The molecule has 140 valence electrons. The number of carbonyl (C=O) groups excluding carboxylic acids is 4. The van der Waals surface area contributed by atoms with Gasteiger partial charge in [0, 0.05) is 11.4 Å². The second-order valence-electron chi connectivity index (χ2n) is 6.11. The normalized spacial score (nSPS) is 12.8. The van der Waals surface area contributed by atoms with Gasteiger partial charge in [-0.1, -0.05) is 13.8 Å². The fourth-order valence-electron chi connectivity index (χ4n) is 2.11. The molecule has 0 aromatic heterocycles. The van der Waals surface area contributed by atoms with E-state index in [2.05, 4.69) is 16.0 Å². The third kappa shape index (κ3) is 6.07. The maximum Gasteiger partial charge on any atom is 0.338 e. The lowest BCUT2D eigenvalue weighted by Gasteiger charge is -2.16. The molecule has 2 rings (SSSR count). The number of ether oxygens (including phenoxy) is 1. The van der Waals surface area contributed by atoms with Crippen LogP contribution in [0.2, 0.25) is 0 Å². The number of fused-ring (bicyclic) bond motifs is 1. The molecule has 1 aromatic carbocycles. The Labute approximate surface area is 155 Å². The van der Waals surface area contributed by atoms with Gasteiger partial charge in [-0.05, 0) is 30.5 Å². The molecule has 8 nitrogen and oxygen atoms in total. The molecule has 4 amide bonds. The van der Waals surface area contributed by atoms with Gasteiger partial charge < -0.3 is 15.4 Å². The molecule has 26 heavy (non-hydrogen) atoms. The van der Waals surface area contributed by atoms with Crippen molar-refractivity contribution in [3.63, 3.8) is 0 Å². The zero-order valence-corrected chi connectivity index (χ0v) is 15.4. The highest BCUT2D eigenvalue weighted by atomic mass is 32.2. The molecule has 0 unspecified atom stereocenters. The molecule has 1 aliphatic heterocycles. The van der Waals surface area contributed by atoms with Crippen molar-refractivity contribution in [2.24, 2.45) is 5.92 Å². The van der Waals surface area contributed by atoms with Crippen LogP contribution in [0.15, 0.2) is 23.1 Å². The van der Waals surface area contributed by atoms with Crippen molar-refractivity contribution >= 4 is 41.3 Å². The molecular formula is C17H21N3O5S. The van der Waals surface area contributed by atoms with Gasteiger partial charge in [0.25, 0.3) is 5.91 Å². The summed E-state index contributed by atoms with van der Waals surface area (Å²) in [6, 6.07) is 4.14. The monoisotopic (exact) mass is 379 g/mol. The molecule has 0 saturated carbocycles. The summed E-state index contributed by atoms with van der Waals surface area (Å²) in [6.45, 7) is 3.92. The maximum atomic E-state index is 12.0. The van der Waals surface area contributed by atoms with Crippen LogP contribution in [0.25, 0.3) is 0 Å². The first-order valence-electron chi connectivity index (χ1n) is 8.16. The van der Waals surface area contributed by atoms with Gasteiger partial charge in [0.2, 0.25) is 5.91 Å². The van der Waals surface area contributed by atoms with Crippen LogP contribution >= 0.6 is 11.8 Å². The Hall–Kier alpha value is -2.55. The van der Waals surface area contributed by atoms with E-state index in [9.17, 15) is 19.2 Å². The van der Waals surface area contributed by atoms with Crippen LogP contribution in [0.5, 0.6) is 0 Å². The SMILES string of the molecule is CC(C)CCNC(=O)NC(=O)COC(=O)c1ccc2c(c1)NC(=O)CS2. The molecule has 1 aromatic rings. The van der Waals surface area contributed by atoms with E-state index >= 15 is 0 Å². The van der Waals surface area contributed by atoms with E-state index in [1.165, 1.54) is 17.8 Å². The van der Waals surface area contributed by atoms with E-state index in [4.69, 9.17) is 4.74 Å². The molecule has 0 spiro atoms. The zero-order chi connectivity index (χ0) is 19.1. The summed E-state index contributed by atoms with van der Waals surface area (Å²) in [4.78, 5) is 47.5. The highest BCUT2D eigenvalue weighted by Gasteiger charge is 2.18. The Bertz CT molecular complexity index is 720. The standard InChI is InChI=1S/C17H21N3O5S/c1-10(2)5-6-18-17(24)20-14(21)8-25-16(23)11-3-4-13-12(7-11)19-15(22)9-26-13/h3-4,7,10H,5-6,8-9H2,1-2H3,(H,19,22)(H2,18,20,21,24). The van der Waals surface area contributed by atoms with Gasteiger partial charge in [0.1, 0.15) is 0 Å². The highest BCUT2D eigenvalue weighted by Crippen LogP contribution is 2.32. The molecular weight excluding hydrogens is 358 g/mol. The number of urea groups is 1. The second-order valence-corrected chi connectivity index (χ2v) is 7.13. The van der Waals surface area contributed by atoms with Gasteiger partial charge in [-0.2, -0.15) is 0 Å². The number of hydrogen-bond donors (Lipinski definition) is 3. The second kappa shape index (κ2) is 9.23. The average molecular weight is 379 g/mol. The minimum absolute atomic E-state index is 0.143. The number of carbonyl (C=O) groups is 4. The Morgan fingerprint density at radius 2 is 2.08 bits per heavy atom. The van der Waals surface area contributed by atoms with Crippen molar-refractivity contribution < 1.29 is 23.9 Å². The number of benzene rings is 1. The Morgan fingerprint density at radius 1 is 1.31 bits per heavy atom. The largest absolute Gasteiger partial charge is 0.452 e. The fraction of sp³-hybridized carbons (Fsp3) is 0.412. The van der Waals surface area contributed by atoms with E-state index < -0.39 is 24.5 Å². The Balaban J connectivity index is 1.79. The molecule has 0 fully saturated rings. The van der Waals surface area contributed by atoms with Gasteiger partial charge in [0.05, 0.1) is 17.0 Å². The molecule has 0 atom stereocenters. The highest BCUT2D eigenvalue weighted by molar-refractivity contribution is 8.00. The van der Waals surface area contributed by atoms with Crippen LogP contribution in [0, 0.1) is 5.92 Å². The molecule has 0 saturated heterocycles. The van der Waals surface area contributed by atoms with Crippen molar-refractivity contribution in [1.29, 1.82) is 0 Å². The van der Waals surface area contributed by atoms with Gasteiger partial charge in [0.15, 0.2) is 6.61 Å². The number of hydrogen-bond acceptors (Lipinski definition) is 6. The lowest BCUT2D eigenvalue weighted by atomic mass is 10.1. The molecule has 3 N–H and O–H groups in total. The summed E-state index contributed by atoms with van der Waals surface area (Å²) in [7, 11) is 0. The molecule has 1 heterocycles. The summed E-state index contributed by atoms with van der Waals surface area (Å²) in [6.07, 6.45) is 0.795. The number of imide groups is 1. The van der Waals surface area contributed by atoms with E-state index in [-0.39, 0.29) is 11.5 Å². The van der Waals surface area contributed by atoms with Crippen molar-refractivity contribution in [3.05, 3.63) is 23.8 Å². The number of amides is 4. The van der Waals surface area contributed by atoms with Gasteiger partial charge in [-0.15, -0.1) is 11.8 Å². The zero-order valence-electron chi connectivity index (χ0n) is 14.6. The van der Waals surface area contributed by atoms with Crippen molar-refractivity contribution in [1.82, 2.24) is 10.6 Å². The van der Waals surface area contributed by atoms with Crippen LogP contribution in [-0.4, -0.2) is 42.7 Å². The van der Waals surface area contributed by atoms with E-state index in [1.54, 1.807) is 12.1 Å². The van der Waals surface area contributed by atoms with Crippen LogP contribution in [0.3, 0.4) is 0 Å². The Kier molecular flexibility index (Phi) is 7.02. The minimum atomic E-state index is -0.720. The van der Waals surface area contributed by atoms with Crippen molar-refractivity contribution in [3.8, 4) is 0 Å². The van der Waals surface area contributed by atoms with Gasteiger partial charge in [-0.3, -0.25) is 14.9 Å². The molecule has 9 heteroatoms. The first kappa shape index (κ1) is 19.8. The predicted molar refractivity (Wildman–Crippen MR) is 97.1 cm³/mol. The smallest absolute Gasteiger partial charge is 0.338 e. The van der Waals surface area contributed by atoms with Crippen LogP contribution in [-0.2, 0) is 14.3 Å². The number of thioether (sulfide) groups is 1. The van der Waals surface area contributed by atoms with Crippen LogP contribution in [0.1, 0.15) is 30.6 Å². The first-order chi connectivity index (χ1) is 12.3. The third-order valence-corrected chi connectivity index (χ3v) is 4.52. The summed E-state index contributed by atoms with van der Waals surface area (Å²) in [5.74, 6) is -0.811. The molecule has 1 aliphatic rings. The minimum Gasteiger partial charge on any atom is -0.452 e. The van der Waals surface area contributed by atoms with E-state index in [0.717, 1.165) is 11.3 Å². The van der Waals surface area contributed by atoms with Crippen LogP contribution in [0.4, 0.5) is 10.5 Å². The Morgan fingerprint density at radius 3 is 2.81 bits per heavy atom. The summed E-state index contributed by atoms with van der Waals surface area (Å²) < 4.78 is 4.90. The van der Waals surface area contributed by atoms with Gasteiger partial charge >= 0.3 is 12.0 Å². The summed E-state index contributed by atoms with van der Waals surface area (Å²) >= 11 is 1.38. The number of rotatable bonds is 6. The molecule has 0 aliphatic carbocycles. The third-order valence-electron chi connectivity index (χ3n) is 3.44. The average Bonchev–Trinajstić information content (AvgIpc) is 2.58.